The fraction of sp³-hybridized carbons (Fsp3) is 0.524. The molecule has 0 fully saturated rings. The van der Waals surface area contributed by atoms with Gasteiger partial charge in [-0.05, 0) is 40.4 Å². The van der Waals surface area contributed by atoms with Gasteiger partial charge in [-0.1, -0.05) is 90.0 Å². The number of rotatable bonds is 2. The van der Waals surface area contributed by atoms with Crippen molar-refractivity contribution in [3.8, 4) is 0 Å². The van der Waals surface area contributed by atoms with E-state index in [1.165, 1.54) is 16.7 Å². The molecule has 0 aliphatic heterocycles. The van der Waals surface area contributed by atoms with E-state index in [0.717, 1.165) is 12.8 Å². The largest absolute Gasteiger partial charge is 0.0613 e. The molecule has 0 saturated carbocycles. The lowest BCUT2D eigenvalue weighted by atomic mass is 9.79. The highest BCUT2D eigenvalue weighted by Crippen LogP contribution is 2.47. The molecule has 0 amide bonds. The number of allylic oxidation sites excluding steroid dienone is 4. The zero-order chi connectivity index (χ0) is 15.8. The van der Waals surface area contributed by atoms with Crippen molar-refractivity contribution in [3.63, 3.8) is 0 Å². The Bertz CT molecular complexity index is 566. The maximum Gasteiger partial charge on any atom is -0.00854 e. The standard InChI is InChI=1S/C21H30/c1-8-15-9-11-16(12-10-15)18-13-17(20(2,3)4)14-19(18)21(5,6)7/h9-13H,8,14H2,1-7H3. The van der Waals surface area contributed by atoms with Crippen LogP contribution in [-0.4, -0.2) is 0 Å². The van der Waals surface area contributed by atoms with Crippen LogP contribution in [0.2, 0.25) is 0 Å². The van der Waals surface area contributed by atoms with Gasteiger partial charge in [0.1, 0.15) is 0 Å². The third-order valence-electron chi connectivity index (χ3n) is 4.55. The van der Waals surface area contributed by atoms with Crippen LogP contribution >= 0.6 is 0 Å². The molecule has 1 aromatic carbocycles. The Labute approximate surface area is 131 Å². The summed E-state index contributed by atoms with van der Waals surface area (Å²) in [6, 6.07) is 9.13. The second kappa shape index (κ2) is 5.48. The van der Waals surface area contributed by atoms with Gasteiger partial charge in [-0.25, -0.2) is 0 Å². The van der Waals surface area contributed by atoms with Gasteiger partial charge in [0, 0.05) is 0 Å². The molecule has 114 valence electrons. The first-order valence-corrected chi connectivity index (χ1v) is 8.17. The van der Waals surface area contributed by atoms with Crippen molar-refractivity contribution in [2.45, 2.75) is 61.3 Å². The molecule has 0 saturated heterocycles. The zero-order valence-corrected chi connectivity index (χ0v) is 14.8. The van der Waals surface area contributed by atoms with Gasteiger partial charge in [-0.15, -0.1) is 0 Å². The minimum Gasteiger partial charge on any atom is -0.0613 e. The predicted octanol–water partition coefficient (Wildman–Crippen LogP) is 6.42. The Hall–Kier alpha value is -1.30. The molecule has 0 spiro atoms. The van der Waals surface area contributed by atoms with Crippen LogP contribution in [-0.2, 0) is 6.42 Å². The van der Waals surface area contributed by atoms with Gasteiger partial charge in [0.15, 0.2) is 0 Å². The van der Waals surface area contributed by atoms with E-state index in [-0.39, 0.29) is 10.8 Å². The number of aryl methyl sites for hydroxylation is 1. The van der Waals surface area contributed by atoms with Crippen LogP contribution in [0.5, 0.6) is 0 Å². The maximum atomic E-state index is 2.45. The summed E-state index contributed by atoms with van der Waals surface area (Å²) in [5.41, 5.74) is 7.85. The van der Waals surface area contributed by atoms with Gasteiger partial charge in [0.05, 0.1) is 0 Å². The molecular formula is C21H30. The smallest absolute Gasteiger partial charge is 0.00854 e. The zero-order valence-electron chi connectivity index (χ0n) is 14.8. The van der Waals surface area contributed by atoms with Crippen molar-refractivity contribution in [1.82, 2.24) is 0 Å². The van der Waals surface area contributed by atoms with E-state index in [9.17, 15) is 0 Å². The quantitative estimate of drug-likeness (QED) is 0.586. The van der Waals surface area contributed by atoms with E-state index >= 15 is 0 Å². The first kappa shape index (κ1) is 16.1. The van der Waals surface area contributed by atoms with Crippen molar-refractivity contribution in [2.75, 3.05) is 0 Å². The molecule has 1 aromatic rings. The molecule has 0 N–H and O–H groups in total. The second-order valence-corrected chi connectivity index (χ2v) is 8.29. The summed E-state index contributed by atoms with van der Waals surface area (Å²) < 4.78 is 0. The Morgan fingerprint density at radius 3 is 1.86 bits per heavy atom. The summed E-state index contributed by atoms with van der Waals surface area (Å²) >= 11 is 0. The van der Waals surface area contributed by atoms with Gasteiger partial charge >= 0.3 is 0 Å². The maximum absolute atomic E-state index is 2.45. The van der Waals surface area contributed by atoms with Crippen molar-refractivity contribution in [3.05, 3.63) is 52.6 Å². The Morgan fingerprint density at radius 1 is 0.857 bits per heavy atom. The highest BCUT2D eigenvalue weighted by atomic mass is 14.4. The van der Waals surface area contributed by atoms with Crippen LogP contribution in [0.1, 0.15) is 66.0 Å². The fourth-order valence-electron chi connectivity index (χ4n) is 2.93. The van der Waals surface area contributed by atoms with Gasteiger partial charge in [0.2, 0.25) is 0 Å². The summed E-state index contributed by atoms with van der Waals surface area (Å²) in [5.74, 6) is 0. The molecule has 0 aromatic heterocycles. The van der Waals surface area contributed by atoms with Gasteiger partial charge < -0.3 is 0 Å². The van der Waals surface area contributed by atoms with Gasteiger partial charge in [0.25, 0.3) is 0 Å². The Balaban J connectivity index is 2.48. The minimum absolute atomic E-state index is 0.224. The lowest BCUT2D eigenvalue weighted by Gasteiger charge is -2.26. The third-order valence-corrected chi connectivity index (χ3v) is 4.55. The number of hydrogen-bond donors (Lipinski definition) is 0. The van der Waals surface area contributed by atoms with Crippen LogP contribution in [0.25, 0.3) is 5.57 Å². The molecule has 0 unspecified atom stereocenters. The molecule has 1 aliphatic carbocycles. The summed E-state index contributed by atoms with van der Waals surface area (Å²) in [6.45, 7) is 16.2. The first-order chi connectivity index (χ1) is 9.63. The van der Waals surface area contributed by atoms with Gasteiger partial charge in [-0.3, -0.25) is 0 Å². The molecule has 0 heterocycles. The van der Waals surface area contributed by atoms with Crippen LogP contribution < -0.4 is 0 Å². The molecule has 0 bridgehead atoms. The average molecular weight is 282 g/mol. The molecule has 0 heteroatoms. The molecule has 1 aliphatic rings. The number of hydrogen-bond acceptors (Lipinski definition) is 0. The van der Waals surface area contributed by atoms with E-state index in [1.54, 1.807) is 11.1 Å². The second-order valence-electron chi connectivity index (χ2n) is 8.29. The molecule has 0 nitrogen and oxygen atoms in total. The SMILES string of the molecule is CCc1ccc(C2=C(C(C)(C)C)CC(C(C)(C)C)=C2)cc1. The van der Waals surface area contributed by atoms with E-state index in [4.69, 9.17) is 0 Å². The predicted molar refractivity (Wildman–Crippen MR) is 94.4 cm³/mol. The molecule has 2 rings (SSSR count). The van der Waals surface area contributed by atoms with Crippen molar-refractivity contribution >= 4 is 5.57 Å². The molecular weight excluding hydrogens is 252 g/mol. The minimum atomic E-state index is 0.224. The summed E-state index contributed by atoms with van der Waals surface area (Å²) in [6.07, 6.45) is 4.67. The van der Waals surface area contributed by atoms with Gasteiger partial charge in [-0.2, -0.15) is 0 Å². The monoisotopic (exact) mass is 282 g/mol. The highest BCUT2D eigenvalue weighted by Gasteiger charge is 2.30. The average Bonchev–Trinajstić information content (AvgIpc) is 2.83. The Morgan fingerprint density at radius 2 is 1.43 bits per heavy atom. The molecule has 0 atom stereocenters. The van der Waals surface area contributed by atoms with E-state index in [0.29, 0.717) is 0 Å². The van der Waals surface area contributed by atoms with E-state index in [1.807, 2.05) is 0 Å². The summed E-state index contributed by atoms with van der Waals surface area (Å²) in [5, 5.41) is 0. The highest BCUT2D eigenvalue weighted by molar-refractivity contribution is 5.81. The fourth-order valence-corrected chi connectivity index (χ4v) is 2.93. The van der Waals surface area contributed by atoms with Crippen molar-refractivity contribution < 1.29 is 0 Å². The molecule has 0 radical (unpaired) electrons. The number of benzene rings is 1. The van der Waals surface area contributed by atoms with Crippen LogP contribution in [0.15, 0.2) is 41.5 Å². The lowest BCUT2D eigenvalue weighted by Crippen LogP contribution is -2.13. The first-order valence-electron chi connectivity index (χ1n) is 8.17. The topological polar surface area (TPSA) is 0 Å². The third kappa shape index (κ3) is 3.48. The van der Waals surface area contributed by atoms with E-state index < -0.39 is 0 Å². The van der Waals surface area contributed by atoms with Crippen molar-refractivity contribution in [2.24, 2.45) is 10.8 Å². The van der Waals surface area contributed by atoms with Crippen LogP contribution in [0, 0.1) is 10.8 Å². The van der Waals surface area contributed by atoms with Crippen LogP contribution in [0.3, 0.4) is 0 Å². The normalized spacial score (nSPS) is 16.4. The summed E-state index contributed by atoms with van der Waals surface area (Å²) in [7, 11) is 0. The Kier molecular flexibility index (Phi) is 4.19. The summed E-state index contributed by atoms with van der Waals surface area (Å²) in [4.78, 5) is 0. The van der Waals surface area contributed by atoms with E-state index in [2.05, 4.69) is 78.8 Å². The lowest BCUT2D eigenvalue weighted by molar-refractivity contribution is 0.458. The van der Waals surface area contributed by atoms with Crippen LogP contribution in [0.4, 0.5) is 0 Å². The van der Waals surface area contributed by atoms with Crippen molar-refractivity contribution in [1.29, 1.82) is 0 Å². The molecule has 21 heavy (non-hydrogen) atoms.